The maximum atomic E-state index is 11.3. The van der Waals surface area contributed by atoms with E-state index in [-0.39, 0.29) is 5.75 Å². The molecule has 0 bridgehead atoms. The van der Waals surface area contributed by atoms with Crippen molar-refractivity contribution in [3.8, 4) is 5.75 Å². The third-order valence-electron chi connectivity index (χ3n) is 5.98. The van der Waals surface area contributed by atoms with Crippen LogP contribution < -0.4 is 20.3 Å². The number of anilines is 3. The van der Waals surface area contributed by atoms with Crippen LogP contribution in [0.4, 0.5) is 16.5 Å². The van der Waals surface area contributed by atoms with Gasteiger partial charge in [0.05, 0.1) is 29.9 Å². The van der Waals surface area contributed by atoms with Crippen LogP contribution in [0.5, 0.6) is 5.75 Å². The topological polar surface area (TPSA) is 96.5 Å². The largest absolute Gasteiger partial charge is 0.489 e. The fourth-order valence-corrected chi connectivity index (χ4v) is 5.29. The lowest BCUT2D eigenvalue weighted by Crippen LogP contribution is -2.22. The number of hydrogen-bond donors (Lipinski definition) is 2. The third kappa shape index (κ3) is 6.97. The predicted octanol–water partition coefficient (Wildman–Crippen LogP) is 4.99. The molecule has 1 aliphatic rings. The summed E-state index contributed by atoms with van der Waals surface area (Å²) >= 11 is 1.56. The first kappa shape index (κ1) is 25.9. The van der Waals surface area contributed by atoms with Crippen molar-refractivity contribution in [3.63, 3.8) is 0 Å². The van der Waals surface area contributed by atoms with Crippen molar-refractivity contribution in [2.75, 3.05) is 28.8 Å². The number of pyridine rings is 1. The molecule has 2 N–H and O–H groups in total. The maximum absolute atomic E-state index is 11.3. The van der Waals surface area contributed by atoms with Crippen molar-refractivity contribution in [2.24, 2.45) is 0 Å². The Morgan fingerprint density at radius 1 is 1.08 bits per heavy atom. The molecule has 38 heavy (non-hydrogen) atoms. The molecule has 0 aliphatic carbocycles. The SMILES string of the molecule is CS(=O)(=O)CCNCc1csc(N2C=Cc3cncc(Nc4ccc(OCc5ccccc5)cc4)c3C2)n1. The summed E-state index contributed by atoms with van der Waals surface area (Å²) in [5.41, 5.74) is 6.10. The van der Waals surface area contributed by atoms with Gasteiger partial charge >= 0.3 is 0 Å². The van der Waals surface area contributed by atoms with E-state index in [2.05, 4.69) is 20.5 Å². The zero-order valence-electron chi connectivity index (χ0n) is 21.0. The second-order valence-corrected chi connectivity index (χ2v) is 12.1. The van der Waals surface area contributed by atoms with Crippen molar-refractivity contribution in [2.45, 2.75) is 19.7 Å². The molecule has 0 saturated heterocycles. The van der Waals surface area contributed by atoms with Gasteiger partial charge in [-0.1, -0.05) is 30.3 Å². The van der Waals surface area contributed by atoms with Crippen LogP contribution in [0.2, 0.25) is 0 Å². The molecule has 0 atom stereocenters. The van der Waals surface area contributed by atoms with Crippen LogP contribution in [-0.2, 0) is 29.5 Å². The summed E-state index contributed by atoms with van der Waals surface area (Å²) in [5, 5.41) is 9.53. The first-order valence-electron chi connectivity index (χ1n) is 12.2. The van der Waals surface area contributed by atoms with E-state index in [9.17, 15) is 8.42 Å². The molecule has 0 radical (unpaired) electrons. The molecule has 1 aliphatic heterocycles. The average Bonchev–Trinajstić information content (AvgIpc) is 3.40. The first-order valence-corrected chi connectivity index (χ1v) is 15.2. The zero-order chi connectivity index (χ0) is 26.4. The second-order valence-electron chi connectivity index (χ2n) is 9.05. The number of nitrogens with one attached hydrogen (secondary N) is 2. The Morgan fingerprint density at radius 3 is 2.68 bits per heavy atom. The number of sulfone groups is 1. The van der Waals surface area contributed by atoms with Gasteiger partial charge in [-0.05, 0) is 35.9 Å². The highest BCUT2D eigenvalue weighted by molar-refractivity contribution is 7.90. The van der Waals surface area contributed by atoms with Gasteiger partial charge in [0.2, 0.25) is 0 Å². The van der Waals surface area contributed by atoms with Crippen LogP contribution >= 0.6 is 11.3 Å². The molecular formula is C28H29N5O3S2. The smallest absolute Gasteiger partial charge is 0.189 e. The summed E-state index contributed by atoms with van der Waals surface area (Å²) in [4.78, 5) is 11.3. The maximum Gasteiger partial charge on any atom is 0.189 e. The summed E-state index contributed by atoms with van der Waals surface area (Å²) in [6.45, 7) is 2.12. The van der Waals surface area contributed by atoms with E-state index < -0.39 is 9.84 Å². The van der Waals surface area contributed by atoms with Crippen LogP contribution in [-0.4, -0.2) is 36.9 Å². The zero-order valence-corrected chi connectivity index (χ0v) is 22.6. The fraction of sp³-hybridized carbons (Fsp3) is 0.214. The van der Waals surface area contributed by atoms with Crippen LogP contribution in [0.1, 0.15) is 22.4 Å². The van der Waals surface area contributed by atoms with Crippen LogP contribution in [0.15, 0.2) is 78.6 Å². The molecule has 4 aromatic rings. The van der Waals surface area contributed by atoms with E-state index in [1.165, 1.54) is 6.26 Å². The number of thiazole rings is 1. The van der Waals surface area contributed by atoms with Crippen LogP contribution in [0, 0.1) is 0 Å². The van der Waals surface area contributed by atoms with Gasteiger partial charge in [0, 0.05) is 53.9 Å². The number of fused-ring (bicyclic) bond motifs is 1. The van der Waals surface area contributed by atoms with Gasteiger partial charge in [0.25, 0.3) is 0 Å². The highest BCUT2D eigenvalue weighted by Crippen LogP contribution is 2.32. The highest BCUT2D eigenvalue weighted by Gasteiger charge is 2.18. The van der Waals surface area contributed by atoms with Gasteiger partial charge in [-0.25, -0.2) is 13.4 Å². The number of nitrogens with zero attached hydrogens (tertiary/aromatic N) is 3. The minimum absolute atomic E-state index is 0.114. The Bertz CT molecular complexity index is 1500. The average molecular weight is 548 g/mol. The molecule has 2 aromatic heterocycles. The Hall–Kier alpha value is -3.73. The van der Waals surface area contributed by atoms with E-state index in [0.717, 1.165) is 44.6 Å². The van der Waals surface area contributed by atoms with Gasteiger partial charge in [0.1, 0.15) is 22.2 Å². The minimum atomic E-state index is -2.98. The lowest BCUT2D eigenvalue weighted by Gasteiger charge is -2.25. The molecule has 8 nitrogen and oxygen atoms in total. The summed E-state index contributed by atoms with van der Waals surface area (Å²) in [7, 11) is -2.98. The van der Waals surface area contributed by atoms with Gasteiger partial charge in [-0.15, -0.1) is 11.3 Å². The molecule has 0 spiro atoms. The van der Waals surface area contributed by atoms with Crippen LogP contribution in [0.25, 0.3) is 6.08 Å². The second kappa shape index (κ2) is 11.8. The first-order chi connectivity index (χ1) is 18.4. The van der Waals surface area contributed by atoms with Crippen LogP contribution in [0.3, 0.4) is 0 Å². The molecule has 0 unspecified atom stereocenters. The molecular weight excluding hydrogens is 518 g/mol. The fourth-order valence-electron chi connectivity index (χ4n) is 3.97. The standard InChI is InChI=1S/C28H29N5O3S2/c1-38(34,35)14-12-29-16-24-20-37-28(32-24)33-13-11-22-15-30-17-27(26(22)18-33)31-23-7-9-25(10-8-23)36-19-21-5-3-2-4-6-21/h2-11,13,15,17,20,29,31H,12,14,16,18-19H2,1H3. The lowest BCUT2D eigenvalue weighted by atomic mass is 10.1. The highest BCUT2D eigenvalue weighted by atomic mass is 32.2. The van der Waals surface area contributed by atoms with Gasteiger partial charge in [-0.3, -0.25) is 4.98 Å². The lowest BCUT2D eigenvalue weighted by molar-refractivity contribution is 0.306. The Labute approximate surface area is 227 Å². The number of aromatic nitrogens is 2. The van der Waals surface area contributed by atoms with E-state index in [4.69, 9.17) is 9.72 Å². The molecule has 2 aromatic carbocycles. The van der Waals surface area contributed by atoms with Crippen molar-refractivity contribution >= 4 is 43.8 Å². The number of ether oxygens (including phenoxy) is 1. The summed E-state index contributed by atoms with van der Waals surface area (Å²) in [6, 6.07) is 18.0. The monoisotopic (exact) mass is 547 g/mol. The van der Waals surface area contributed by atoms with E-state index in [1.807, 2.05) is 84.6 Å². The van der Waals surface area contributed by atoms with E-state index in [1.54, 1.807) is 11.3 Å². The van der Waals surface area contributed by atoms with Gasteiger partial charge in [0.15, 0.2) is 5.13 Å². The molecule has 0 fully saturated rings. The quantitative estimate of drug-likeness (QED) is 0.254. The van der Waals surface area contributed by atoms with E-state index in [0.29, 0.717) is 26.2 Å². The predicted molar refractivity (Wildman–Crippen MR) is 153 cm³/mol. The van der Waals surface area contributed by atoms with Gasteiger partial charge in [-0.2, -0.15) is 0 Å². The number of benzene rings is 2. The summed E-state index contributed by atoms with van der Waals surface area (Å²) in [5.74, 6) is 0.926. The molecule has 10 heteroatoms. The normalized spacial score (nSPS) is 12.8. The summed E-state index contributed by atoms with van der Waals surface area (Å²) in [6.07, 6.45) is 9.02. The third-order valence-corrected chi connectivity index (χ3v) is 7.85. The minimum Gasteiger partial charge on any atom is -0.489 e. The van der Waals surface area contributed by atoms with Crippen molar-refractivity contribution in [1.82, 2.24) is 15.3 Å². The molecule has 196 valence electrons. The molecule has 0 amide bonds. The Morgan fingerprint density at radius 2 is 1.89 bits per heavy atom. The van der Waals surface area contributed by atoms with Crippen molar-refractivity contribution < 1.29 is 13.2 Å². The summed E-state index contributed by atoms with van der Waals surface area (Å²) < 4.78 is 28.5. The molecule has 5 rings (SSSR count). The Balaban J connectivity index is 1.21. The molecule has 0 saturated carbocycles. The molecule has 3 heterocycles. The Kier molecular flexibility index (Phi) is 8.02. The number of hydrogen-bond acceptors (Lipinski definition) is 9. The van der Waals surface area contributed by atoms with Crippen molar-refractivity contribution in [3.05, 3.63) is 101 Å². The number of rotatable bonds is 11. The van der Waals surface area contributed by atoms with E-state index >= 15 is 0 Å². The van der Waals surface area contributed by atoms with Gasteiger partial charge < -0.3 is 20.3 Å². The van der Waals surface area contributed by atoms with Crippen molar-refractivity contribution in [1.29, 1.82) is 0 Å².